The third kappa shape index (κ3) is 2.45. The van der Waals surface area contributed by atoms with Crippen molar-refractivity contribution in [3.63, 3.8) is 0 Å². The SMILES string of the molecule is O=C1[C@H]2[C@H](C(=O)N1C[C@H](c1ccccc1)N1CCOCC1)[C@H]1C=C[C@H]2C1. The molecule has 2 saturated heterocycles. The molecule has 1 aromatic rings. The number of morpholine rings is 1. The van der Waals surface area contributed by atoms with E-state index in [9.17, 15) is 9.59 Å². The number of rotatable bonds is 4. The number of likely N-dealkylation sites (tertiary alicyclic amines) is 1. The standard InChI is InChI=1S/C21H24N2O3/c24-20-18-15-6-7-16(12-15)19(18)21(25)23(20)13-17(14-4-2-1-3-5-14)22-8-10-26-11-9-22/h1-7,15-19H,8-13H2/t15-,16-,17+,18+,19+/m0/s1. The van der Waals surface area contributed by atoms with Gasteiger partial charge in [-0.05, 0) is 23.8 Å². The van der Waals surface area contributed by atoms with Crippen molar-refractivity contribution in [3.05, 3.63) is 48.0 Å². The van der Waals surface area contributed by atoms with E-state index in [1.165, 1.54) is 0 Å². The quantitative estimate of drug-likeness (QED) is 0.613. The van der Waals surface area contributed by atoms with Crippen LogP contribution < -0.4 is 0 Å². The van der Waals surface area contributed by atoms with E-state index in [1.54, 1.807) is 4.90 Å². The summed E-state index contributed by atoms with van der Waals surface area (Å²) in [7, 11) is 0. The van der Waals surface area contributed by atoms with Gasteiger partial charge in [0.05, 0.1) is 31.1 Å². The first kappa shape index (κ1) is 16.2. The van der Waals surface area contributed by atoms with Crippen LogP contribution in [0.3, 0.4) is 0 Å². The number of amides is 2. The molecule has 2 bridgehead atoms. The van der Waals surface area contributed by atoms with Crippen LogP contribution in [-0.2, 0) is 14.3 Å². The van der Waals surface area contributed by atoms with E-state index >= 15 is 0 Å². The molecular weight excluding hydrogens is 328 g/mol. The topological polar surface area (TPSA) is 49.9 Å². The van der Waals surface area contributed by atoms with Crippen molar-refractivity contribution in [3.8, 4) is 0 Å². The summed E-state index contributed by atoms with van der Waals surface area (Å²) in [5, 5.41) is 0. The zero-order chi connectivity index (χ0) is 17.7. The van der Waals surface area contributed by atoms with Crippen LogP contribution in [0.15, 0.2) is 42.5 Å². The Hall–Kier alpha value is -1.98. The van der Waals surface area contributed by atoms with E-state index in [1.807, 2.05) is 18.2 Å². The number of nitrogens with zero attached hydrogens (tertiary/aromatic N) is 2. The van der Waals surface area contributed by atoms with Gasteiger partial charge in [-0.2, -0.15) is 0 Å². The first-order valence-corrected chi connectivity index (χ1v) is 9.64. The lowest BCUT2D eigenvalue weighted by Crippen LogP contribution is -2.45. The maximum Gasteiger partial charge on any atom is 0.233 e. The van der Waals surface area contributed by atoms with Gasteiger partial charge in [-0.15, -0.1) is 0 Å². The van der Waals surface area contributed by atoms with E-state index in [0.717, 1.165) is 25.1 Å². The van der Waals surface area contributed by atoms with Gasteiger partial charge in [0.15, 0.2) is 0 Å². The lowest BCUT2D eigenvalue weighted by atomic mass is 9.85. The molecule has 5 rings (SSSR count). The lowest BCUT2D eigenvalue weighted by Gasteiger charge is -2.36. The molecule has 5 nitrogen and oxygen atoms in total. The van der Waals surface area contributed by atoms with E-state index in [0.29, 0.717) is 19.8 Å². The van der Waals surface area contributed by atoms with Crippen molar-refractivity contribution in [2.45, 2.75) is 12.5 Å². The highest BCUT2D eigenvalue weighted by Crippen LogP contribution is 2.52. The molecule has 2 amide bonds. The van der Waals surface area contributed by atoms with Crippen LogP contribution >= 0.6 is 0 Å². The average molecular weight is 352 g/mol. The first-order chi connectivity index (χ1) is 12.7. The molecule has 2 aliphatic carbocycles. The Morgan fingerprint density at radius 2 is 1.58 bits per heavy atom. The number of allylic oxidation sites excluding steroid dienone is 2. The highest BCUT2D eigenvalue weighted by Gasteiger charge is 2.59. The monoisotopic (exact) mass is 352 g/mol. The second-order valence-corrected chi connectivity index (χ2v) is 7.86. The molecule has 136 valence electrons. The fourth-order valence-corrected chi connectivity index (χ4v) is 5.31. The molecule has 2 heterocycles. The van der Waals surface area contributed by atoms with Crippen molar-refractivity contribution >= 4 is 11.8 Å². The van der Waals surface area contributed by atoms with Crippen molar-refractivity contribution in [2.24, 2.45) is 23.7 Å². The van der Waals surface area contributed by atoms with Gasteiger partial charge in [-0.25, -0.2) is 0 Å². The molecule has 3 fully saturated rings. The highest BCUT2D eigenvalue weighted by atomic mass is 16.5. The van der Waals surface area contributed by atoms with Crippen LogP contribution in [-0.4, -0.2) is 54.5 Å². The number of carbonyl (C=O) groups excluding carboxylic acids is 2. The van der Waals surface area contributed by atoms with Crippen molar-refractivity contribution in [1.29, 1.82) is 0 Å². The Kier molecular flexibility index (Phi) is 3.94. The third-order valence-corrected chi connectivity index (χ3v) is 6.59. The molecule has 5 atom stereocenters. The van der Waals surface area contributed by atoms with Crippen LogP contribution in [0.1, 0.15) is 18.0 Å². The Morgan fingerprint density at radius 1 is 0.962 bits per heavy atom. The summed E-state index contributed by atoms with van der Waals surface area (Å²) < 4.78 is 5.50. The Morgan fingerprint density at radius 3 is 2.19 bits per heavy atom. The van der Waals surface area contributed by atoms with Gasteiger partial charge in [0.1, 0.15) is 0 Å². The van der Waals surface area contributed by atoms with Crippen LogP contribution in [0.5, 0.6) is 0 Å². The summed E-state index contributed by atoms with van der Waals surface area (Å²) in [5.74, 6) is 0.407. The smallest absolute Gasteiger partial charge is 0.233 e. The van der Waals surface area contributed by atoms with Crippen molar-refractivity contribution in [2.75, 3.05) is 32.8 Å². The molecule has 0 radical (unpaired) electrons. The van der Waals surface area contributed by atoms with Gasteiger partial charge in [0.25, 0.3) is 0 Å². The highest BCUT2D eigenvalue weighted by molar-refractivity contribution is 6.06. The van der Waals surface area contributed by atoms with Crippen LogP contribution in [0.2, 0.25) is 0 Å². The molecular formula is C21H24N2O3. The molecule has 4 aliphatic rings. The molecule has 0 aromatic heterocycles. The maximum atomic E-state index is 13.1. The van der Waals surface area contributed by atoms with Crippen molar-refractivity contribution < 1.29 is 14.3 Å². The number of carbonyl (C=O) groups is 2. The van der Waals surface area contributed by atoms with Crippen LogP contribution in [0.4, 0.5) is 0 Å². The van der Waals surface area contributed by atoms with E-state index < -0.39 is 0 Å². The van der Waals surface area contributed by atoms with Crippen LogP contribution in [0, 0.1) is 23.7 Å². The van der Waals surface area contributed by atoms with Crippen molar-refractivity contribution in [1.82, 2.24) is 9.80 Å². The van der Waals surface area contributed by atoms with E-state index in [4.69, 9.17) is 4.74 Å². The van der Waals surface area contributed by atoms with Gasteiger partial charge >= 0.3 is 0 Å². The fraction of sp³-hybridized carbons (Fsp3) is 0.524. The molecule has 0 N–H and O–H groups in total. The molecule has 26 heavy (non-hydrogen) atoms. The molecule has 0 unspecified atom stereocenters. The van der Waals surface area contributed by atoms with E-state index in [2.05, 4.69) is 29.2 Å². The molecule has 5 heteroatoms. The Balaban J connectivity index is 1.42. The summed E-state index contributed by atoms with van der Waals surface area (Å²) in [6.45, 7) is 3.51. The second kappa shape index (κ2) is 6.32. The van der Waals surface area contributed by atoms with Gasteiger partial charge < -0.3 is 4.74 Å². The number of benzene rings is 1. The number of ether oxygens (including phenoxy) is 1. The summed E-state index contributed by atoms with van der Waals surface area (Å²) >= 11 is 0. The first-order valence-electron chi connectivity index (χ1n) is 9.64. The average Bonchev–Trinajstić information content (AvgIpc) is 3.36. The molecule has 1 saturated carbocycles. The van der Waals surface area contributed by atoms with Gasteiger partial charge in [-0.3, -0.25) is 19.4 Å². The predicted octanol–water partition coefficient (Wildman–Crippen LogP) is 1.87. The number of fused-ring (bicyclic) bond motifs is 5. The maximum absolute atomic E-state index is 13.1. The zero-order valence-corrected chi connectivity index (χ0v) is 14.8. The Bertz CT molecular complexity index is 711. The summed E-state index contributed by atoms with van der Waals surface area (Å²) in [5.41, 5.74) is 1.16. The summed E-state index contributed by atoms with van der Waals surface area (Å²) in [6, 6.07) is 10.3. The minimum Gasteiger partial charge on any atom is -0.379 e. The number of hydrogen-bond donors (Lipinski definition) is 0. The number of hydrogen-bond acceptors (Lipinski definition) is 4. The predicted molar refractivity (Wildman–Crippen MR) is 96.0 cm³/mol. The molecule has 2 aliphatic heterocycles. The van der Waals surface area contributed by atoms with Gasteiger partial charge in [0.2, 0.25) is 11.8 Å². The largest absolute Gasteiger partial charge is 0.379 e. The lowest BCUT2D eigenvalue weighted by molar-refractivity contribution is -0.142. The normalized spacial score (nSPS) is 34.5. The molecule has 0 spiro atoms. The fourth-order valence-electron chi connectivity index (χ4n) is 5.31. The Labute approximate surface area is 153 Å². The summed E-state index contributed by atoms with van der Waals surface area (Å²) in [6.07, 6.45) is 5.28. The second-order valence-electron chi connectivity index (χ2n) is 7.86. The number of imide groups is 1. The van der Waals surface area contributed by atoms with Gasteiger partial charge in [-0.1, -0.05) is 42.5 Å². The van der Waals surface area contributed by atoms with Crippen LogP contribution in [0.25, 0.3) is 0 Å². The minimum atomic E-state index is -0.112. The zero-order valence-electron chi connectivity index (χ0n) is 14.8. The molecule has 1 aromatic carbocycles. The minimum absolute atomic E-state index is 0.0393. The summed E-state index contributed by atoms with van der Waals surface area (Å²) in [4.78, 5) is 30.0. The third-order valence-electron chi connectivity index (χ3n) is 6.59. The van der Waals surface area contributed by atoms with Gasteiger partial charge in [0, 0.05) is 19.6 Å². The van der Waals surface area contributed by atoms with E-state index in [-0.39, 0.29) is 41.5 Å².